The van der Waals surface area contributed by atoms with Gasteiger partial charge in [0.1, 0.15) is 5.69 Å². The maximum atomic E-state index is 10.8. The molecule has 0 saturated carbocycles. The van der Waals surface area contributed by atoms with Gasteiger partial charge in [0.15, 0.2) is 0 Å². The van der Waals surface area contributed by atoms with Crippen LogP contribution in [0.1, 0.15) is 40.2 Å². The molecule has 78 valence electrons. The number of H-pyrrole nitrogens is 1. The van der Waals surface area contributed by atoms with Crippen molar-refractivity contribution >= 4 is 5.97 Å². The van der Waals surface area contributed by atoms with Gasteiger partial charge in [-0.2, -0.15) is 0 Å². The molecule has 0 spiro atoms. The lowest BCUT2D eigenvalue weighted by molar-refractivity contribution is 0.0690. The number of nitrogens with one attached hydrogen (secondary N) is 1. The maximum absolute atomic E-state index is 10.8. The van der Waals surface area contributed by atoms with Crippen LogP contribution in [0.3, 0.4) is 0 Å². The molecule has 0 radical (unpaired) electrons. The average Bonchev–Trinajstić information content (AvgIpc) is 2.43. The third-order valence-electron chi connectivity index (χ3n) is 2.66. The summed E-state index contributed by atoms with van der Waals surface area (Å²) in [5.74, 6) is -0.747. The number of rotatable bonds is 3. The van der Waals surface area contributed by atoms with E-state index < -0.39 is 5.97 Å². The molecular formula is C10H16N2O2. The Morgan fingerprint density at radius 3 is 2.43 bits per heavy atom. The third-order valence-corrected chi connectivity index (χ3v) is 2.66. The Morgan fingerprint density at radius 2 is 2.07 bits per heavy atom. The van der Waals surface area contributed by atoms with E-state index >= 15 is 0 Å². The number of hydrogen-bond acceptors (Lipinski definition) is 2. The molecule has 1 aromatic heterocycles. The van der Waals surface area contributed by atoms with Gasteiger partial charge in [-0.3, -0.25) is 0 Å². The highest BCUT2D eigenvalue weighted by molar-refractivity contribution is 5.88. The monoisotopic (exact) mass is 196 g/mol. The van der Waals surface area contributed by atoms with Gasteiger partial charge in [0, 0.05) is 18.2 Å². The fourth-order valence-corrected chi connectivity index (χ4v) is 1.54. The lowest BCUT2D eigenvalue weighted by Crippen LogP contribution is -2.10. The van der Waals surface area contributed by atoms with Gasteiger partial charge in [-0.05, 0) is 25.0 Å². The Labute approximate surface area is 83.1 Å². The number of aromatic amines is 1. The molecule has 0 fully saturated rings. The number of hydrogen-bond donors (Lipinski definition) is 3. The quantitative estimate of drug-likeness (QED) is 0.683. The second-order valence-corrected chi connectivity index (χ2v) is 3.61. The highest BCUT2D eigenvalue weighted by Gasteiger charge is 2.18. The highest BCUT2D eigenvalue weighted by Crippen LogP contribution is 2.23. The molecule has 14 heavy (non-hydrogen) atoms. The molecule has 1 atom stereocenters. The van der Waals surface area contributed by atoms with Gasteiger partial charge in [0.2, 0.25) is 0 Å². The van der Waals surface area contributed by atoms with Gasteiger partial charge < -0.3 is 15.8 Å². The summed E-state index contributed by atoms with van der Waals surface area (Å²) >= 11 is 0. The predicted molar refractivity (Wildman–Crippen MR) is 54.7 cm³/mol. The molecule has 0 aromatic carbocycles. The maximum Gasteiger partial charge on any atom is 0.352 e. The van der Waals surface area contributed by atoms with Crippen LogP contribution in [0, 0.1) is 13.8 Å². The summed E-state index contributed by atoms with van der Waals surface area (Å²) in [5.41, 5.74) is 8.55. The summed E-state index contributed by atoms with van der Waals surface area (Å²) < 4.78 is 0. The normalized spacial score (nSPS) is 12.9. The van der Waals surface area contributed by atoms with Gasteiger partial charge in [-0.25, -0.2) is 4.79 Å². The van der Waals surface area contributed by atoms with Crippen LogP contribution < -0.4 is 5.73 Å². The second-order valence-electron chi connectivity index (χ2n) is 3.61. The Morgan fingerprint density at radius 1 is 1.50 bits per heavy atom. The van der Waals surface area contributed by atoms with Gasteiger partial charge in [0.05, 0.1) is 0 Å². The second kappa shape index (κ2) is 3.84. The molecule has 1 unspecified atom stereocenters. The molecule has 4 nitrogen and oxygen atoms in total. The first kappa shape index (κ1) is 10.8. The minimum atomic E-state index is -0.916. The van der Waals surface area contributed by atoms with Crippen LogP contribution in [0.25, 0.3) is 0 Å². The topological polar surface area (TPSA) is 79.1 Å². The largest absolute Gasteiger partial charge is 0.477 e. The summed E-state index contributed by atoms with van der Waals surface area (Å²) in [7, 11) is 0. The first-order valence-electron chi connectivity index (χ1n) is 4.61. The van der Waals surface area contributed by atoms with Crippen molar-refractivity contribution in [2.75, 3.05) is 6.54 Å². The predicted octanol–water partition coefficient (Wildman–Crippen LogP) is 1.39. The van der Waals surface area contributed by atoms with Crippen molar-refractivity contribution in [1.82, 2.24) is 4.98 Å². The number of carboxylic acid groups (broad SMARTS) is 1. The third kappa shape index (κ3) is 1.65. The van der Waals surface area contributed by atoms with Crippen molar-refractivity contribution < 1.29 is 9.90 Å². The number of carbonyl (C=O) groups is 1. The summed E-state index contributed by atoms with van der Waals surface area (Å²) in [6.45, 7) is 6.21. The van der Waals surface area contributed by atoms with Gasteiger partial charge in [-0.15, -0.1) is 0 Å². The van der Waals surface area contributed by atoms with Crippen LogP contribution in [0.4, 0.5) is 0 Å². The number of nitrogens with two attached hydrogens (primary N) is 1. The van der Waals surface area contributed by atoms with Crippen molar-refractivity contribution in [3.63, 3.8) is 0 Å². The Hall–Kier alpha value is -1.29. The molecule has 4 N–H and O–H groups in total. The van der Waals surface area contributed by atoms with E-state index in [4.69, 9.17) is 10.8 Å². The molecule has 0 amide bonds. The zero-order chi connectivity index (χ0) is 10.9. The first-order chi connectivity index (χ1) is 6.49. The molecule has 4 heteroatoms. The minimum absolute atomic E-state index is 0.168. The SMILES string of the molecule is Cc1c(C(=O)O)[nH]c(C(C)CN)c1C. The summed E-state index contributed by atoms with van der Waals surface area (Å²) in [6, 6.07) is 0. The number of aromatic nitrogens is 1. The molecular weight excluding hydrogens is 180 g/mol. The highest BCUT2D eigenvalue weighted by atomic mass is 16.4. The van der Waals surface area contributed by atoms with Crippen LogP contribution in [0.15, 0.2) is 0 Å². The van der Waals surface area contributed by atoms with E-state index in [0.29, 0.717) is 6.54 Å². The number of carboxylic acids is 1. The fourth-order valence-electron chi connectivity index (χ4n) is 1.54. The summed E-state index contributed by atoms with van der Waals surface area (Å²) in [5, 5.41) is 8.90. The minimum Gasteiger partial charge on any atom is -0.477 e. The molecule has 0 aliphatic heterocycles. The smallest absolute Gasteiger partial charge is 0.352 e. The van der Waals surface area contributed by atoms with Crippen LogP contribution in [-0.2, 0) is 0 Å². The lowest BCUT2D eigenvalue weighted by Gasteiger charge is -2.07. The van der Waals surface area contributed by atoms with E-state index in [9.17, 15) is 4.79 Å². The van der Waals surface area contributed by atoms with Gasteiger partial charge in [0.25, 0.3) is 0 Å². The molecule has 0 bridgehead atoms. The van der Waals surface area contributed by atoms with Crippen molar-refractivity contribution in [1.29, 1.82) is 0 Å². The Kier molecular flexibility index (Phi) is 2.96. The van der Waals surface area contributed by atoms with E-state index in [1.807, 2.05) is 20.8 Å². The molecule has 1 heterocycles. The fraction of sp³-hybridized carbons (Fsp3) is 0.500. The molecule has 1 rings (SSSR count). The Bertz CT molecular complexity index is 355. The van der Waals surface area contributed by atoms with Crippen molar-refractivity contribution in [3.8, 4) is 0 Å². The van der Waals surface area contributed by atoms with E-state index in [-0.39, 0.29) is 11.6 Å². The summed E-state index contributed by atoms with van der Waals surface area (Å²) in [6.07, 6.45) is 0. The van der Waals surface area contributed by atoms with Crippen molar-refractivity contribution in [2.24, 2.45) is 5.73 Å². The molecule has 0 aliphatic rings. The van der Waals surface area contributed by atoms with Crippen LogP contribution in [0.2, 0.25) is 0 Å². The van der Waals surface area contributed by atoms with E-state index in [1.54, 1.807) is 0 Å². The standard InChI is InChI=1S/C10H16N2O2/c1-5(4-11)8-6(2)7(3)9(12-8)10(13)14/h5,12H,4,11H2,1-3H3,(H,13,14). The van der Waals surface area contributed by atoms with Crippen LogP contribution in [0.5, 0.6) is 0 Å². The van der Waals surface area contributed by atoms with Crippen LogP contribution >= 0.6 is 0 Å². The molecule has 0 aliphatic carbocycles. The van der Waals surface area contributed by atoms with Gasteiger partial charge >= 0.3 is 5.97 Å². The van der Waals surface area contributed by atoms with Crippen LogP contribution in [-0.4, -0.2) is 22.6 Å². The Balaban J connectivity index is 3.21. The molecule has 1 aromatic rings. The number of aromatic carboxylic acids is 1. The lowest BCUT2D eigenvalue weighted by atomic mass is 10.0. The zero-order valence-electron chi connectivity index (χ0n) is 8.72. The molecule has 0 saturated heterocycles. The van der Waals surface area contributed by atoms with Gasteiger partial charge in [-0.1, -0.05) is 6.92 Å². The van der Waals surface area contributed by atoms with E-state index in [0.717, 1.165) is 16.8 Å². The van der Waals surface area contributed by atoms with Crippen molar-refractivity contribution in [3.05, 3.63) is 22.5 Å². The summed E-state index contributed by atoms with van der Waals surface area (Å²) in [4.78, 5) is 13.8. The zero-order valence-corrected chi connectivity index (χ0v) is 8.72. The van der Waals surface area contributed by atoms with Crippen molar-refractivity contribution in [2.45, 2.75) is 26.7 Å². The average molecular weight is 196 g/mol. The van der Waals surface area contributed by atoms with E-state index in [1.165, 1.54) is 0 Å². The van der Waals surface area contributed by atoms with E-state index in [2.05, 4.69) is 4.98 Å². The first-order valence-corrected chi connectivity index (χ1v) is 4.61.